The van der Waals surface area contributed by atoms with Gasteiger partial charge in [-0.2, -0.15) is 27.1 Å². The molecule has 1 N–H and O–H groups in total. The molecule has 4 aromatic rings. The fourth-order valence-electron chi connectivity index (χ4n) is 5.68. The first-order chi connectivity index (χ1) is 21.9. The topological polar surface area (TPSA) is 97.5 Å². The second-order valence-corrected chi connectivity index (χ2v) is 11.5. The Kier molecular flexibility index (Phi) is 8.26. The van der Waals surface area contributed by atoms with E-state index in [9.17, 15) is 36.6 Å². The highest BCUT2D eigenvalue weighted by Gasteiger charge is 2.62. The van der Waals surface area contributed by atoms with Crippen LogP contribution in [0, 0.1) is 5.92 Å². The Morgan fingerprint density at radius 1 is 0.891 bits per heavy atom. The molecular formula is C33H29F5N4O4. The van der Waals surface area contributed by atoms with Gasteiger partial charge in [0.15, 0.2) is 5.82 Å². The van der Waals surface area contributed by atoms with Crippen molar-refractivity contribution < 1.29 is 41.4 Å². The standard InChI is InChI=1S/C33H29F5N4O4/c34-32(35,33(36,37)38)29-25(31(44)45)18-39-42(29)28-7-3-5-26(40-28)24-4-1-2-6-27(24)46-19-20-8-10-21(11-9-20)22-14-16-41(17-15-22)30(43)23-12-13-23/h1-11,18,22-23H,12-17,19H2,(H,44,45). The Morgan fingerprint density at radius 2 is 1.59 bits per heavy atom. The molecule has 0 radical (unpaired) electrons. The number of nitrogens with zero attached hydrogens (tertiary/aromatic N) is 4. The molecule has 2 aliphatic rings. The number of carboxylic acid groups (broad SMARTS) is 1. The zero-order chi connectivity index (χ0) is 32.6. The van der Waals surface area contributed by atoms with E-state index in [1.807, 2.05) is 17.0 Å². The van der Waals surface area contributed by atoms with E-state index in [4.69, 9.17) is 4.74 Å². The zero-order valence-electron chi connectivity index (χ0n) is 24.4. The minimum absolute atomic E-state index is 0.184. The summed E-state index contributed by atoms with van der Waals surface area (Å²) in [7, 11) is 0. The monoisotopic (exact) mass is 640 g/mol. The number of halogens is 5. The molecule has 46 heavy (non-hydrogen) atoms. The average Bonchev–Trinajstić information content (AvgIpc) is 3.80. The number of likely N-dealkylation sites (tertiary alicyclic amines) is 1. The predicted octanol–water partition coefficient (Wildman–Crippen LogP) is 6.98. The fourth-order valence-corrected chi connectivity index (χ4v) is 5.68. The molecule has 2 fully saturated rings. The third-order valence-corrected chi connectivity index (χ3v) is 8.35. The smallest absolute Gasteiger partial charge is 0.459 e. The number of aromatic carboxylic acids is 1. The van der Waals surface area contributed by atoms with Crippen molar-refractivity contribution in [1.29, 1.82) is 0 Å². The molecule has 3 heterocycles. The molecule has 1 saturated carbocycles. The number of carboxylic acids is 1. The summed E-state index contributed by atoms with van der Waals surface area (Å²) in [5.41, 5.74) is -0.435. The van der Waals surface area contributed by atoms with Crippen LogP contribution in [0.5, 0.6) is 5.75 Å². The SMILES string of the molecule is O=C(O)c1cnn(-c2cccc(-c3ccccc3OCc3ccc(C4CCN(C(=O)C5CC5)CC4)cc3)n2)c1C(F)(F)C(F)(F)F. The van der Waals surface area contributed by atoms with E-state index in [2.05, 4.69) is 22.2 Å². The van der Waals surface area contributed by atoms with Gasteiger partial charge in [0.2, 0.25) is 5.91 Å². The second kappa shape index (κ2) is 12.2. The van der Waals surface area contributed by atoms with Crippen LogP contribution in [0.3, 0.4) is 0 Å². The highest BCUT2D eigenvalue weighted by Crippen LogP contribution is 2.45. The Hall–Kier alpha value is -4.81. The lowest BCUT2D eigenvalue weighted by molar-refractivity contribution is -0.291. The lowest BCUT2D eigenvalue weighted by Crippen LogP contribution is -2.38. The van der Waals surface area contributed by atoms with Crippen molar-refractivity contribution in [2.24, 2.45) is 5.92 Å². The largest absolute Gasteiger partial charge is 0.488 e. The highest BCUT2D eigenvalue weighted by atomic mass is 19.4. The first-order valence-corrected chi connectivity index (χ1v) is 14.8. The van der Waals surface area contributed by atoms with Gasteiger partial charge < -0.3 is 14.7 Å². The number of ether oxygens (including phenoxy) is 1. The summed E-state index contributed by atoms with van der Waals surface area (Å²) in [5.74, 6) is -6.66. The van der Waals surface area contributed by atoms with Crippen LogP contribution in [0.1, 0.15) is 58.8 Å². The maximum atomic E-state index is 14.5. The minimum atomic E-state index is -6.07. The van der Waals surface area contributed by atoms with E-state index in [1.165, 1.54) is 17.7 Å². The van der Waals surface area contributed by atoms with Crippen molar-refractivity contribution in [2.75, 3.05) is 13.1 Å². The molecule has 8 nitrogen and oxygen atoms in total. The quantitative estimate of drug-likeness (QED) is 0.198. The number of rotatable bonds is 9. The lowest BCUT2D eigenvalue weighted by atomic mass is 9.89. The second-order valence-electron chi connectivity index (χ2n) is 11.5. The number of hydrogen-bond donors (Lipinski definition) is 1. The van der Waals surface area contributed by atoms with Crippen LogP contribution in [0.4, 0.5) is 22.0 Å². The number of amides is 1. The molecular weight excluding hydrogens is 611 g/mol. The molecule has 1 saturated heterocycles. The van der Waals surface area contributed by atoms with Crippen molar-refractivity contribution in [3.8, 4) is 22.8 Å². The first-order valence-electron chi connectivity index (χ1n) is 14.8. The Morgan fingerprint density at radius 3 is 2.24 bits per heavy atom. The van der Waals surface area contributed by atoms with Crippen molar-refractivity contribution in [1.82, 2.24) is 19.7 Å². The van der Waals surface area contributed by atoms with Crippen molar-refractivity contribution in [2.45, 2.75) is 50.3 Å². The molecule has 2 aromatic carbocycles. The Labute approximate surface area is 260 Å². The number of hydrogen-bond acceptors (Lipinski definition) is 5. The molecule has 1 aliphatic heterocycles. The summed E-state index contributed by atoms with van der Waals surface area (Å²) in [4.78, 5) is 30.1. The van der Waals surface area contributed by atoms with Crippen LogP contribution in [-0.4, -0.2) is 55.9 Å². The molecule has 0 atom stereocenters. The fraction of sp³-hybridized carbons (Fsp3) is 0.333. The Balaban J connectivity index is 1.18. The third-order valence-electron chi connectivity index (χ3n) is 8.35. The van der Waals surface area contributed by atoms with Gasteiger partial charge in [0.25, 0.3) is 0 Å². The molecule has 13 heteroatoms. The number of carbonyl (C=O) groups is 2. The summed E-state index contributed by atoms with van der Waals surface area (Å²) < 4.78 is 75.2. The number of benzene rings is 2. The van der Waals surface area contributed by atoms with Gasteiger partial charge in [-0.05, 0) is 67.0 Å². The van der Waals surface area contributed by atoms with Gasteiger partial charge in [-0.3, -0.25) is 4.79 Å². The maximum Gasteiger partial charge on any atom is 0.459 e. The van der Waals surface area contributed by atoms with Crippen molar-refractivity contribution in [3.05, 3.63) is 95.3 Å². The summed E-state index contributed by atoms with van der Waals surface area (Å²) in [5, 5.41) is 12.8. The number of aromatic nitrogens is 3. The average molecular weight is 641 g/mol. The maximum absolute atomic E-state index is 14.5. The van der Waals surface area contributed by atoms with Gasteiger partial charge in [0, 0.05) is 24.6 Å². The molecule has 1 amide bonds. The molecule has 0 bridgehead atoms. The summed E-state index contributed by atoms with van der Waals surface area (Å²) in [6.07, 6.45) is -1.79. The Bertz CT molecular complexity index is 1740. The van der Waals surface area contributed by atoms with Crippen LogP contribution >= 0.6 is 0 Å². The van der Waals surface area contributed by atoms with Crippen LogP contribution in [0.15, 0.2) is 72.9 Å². The van der Waals surface area contributed by atoms with Crippen LogP contribution in [0.2, 0.25) is 0 Å². The minimum Gasteiger partial charge on any atom is -0.488 e. The van der Waals surface area contributed by atoms with E-state index in [-0.39, 0.29) is 28.8 Å². The van der Waals surface area contributed by atoms with E-state index < -0.39 is 35.1 Å². The van der Waals surface area contributed by atoms with E-state index in [1.54, 1.807) is 24.3 Å². The van der Waals surface area contributed by atoms with E-state index in [0.717, 1.165) is 50.4 Å². The van der Waals surface area contributed by atoms with Crippen molar-refractivity contribution in [3.63, 3.8) is 0 Å². The van der Waals surface area contributed by atoms with Gasteiger partial charge in [0.1, 0.15) is 23.6 Å². The van der Waals surface area contributed by atoms with E-state index >= 15 is 0 Å². The van der Waals surface area contributed by atoms with Gasteiger partial charge in [-0.15, -0.1) is 0 Å². The van der Waals surface area contributed by atoms with Gasteiger partial charge in [-0.25, -0.2) is 14.5 Å². The molecule has 6 rings (SSSR count). The molecule has 240 valence electrons. The summed E-state index contributed by atoms with van der Waals surface area (Å²) in [6.45, 7) is 1.72. The number of carbonyl (C=O) groups excluding carboxylic acids is 1. The summed E-state index contributed by atoms with van der Waals surface area (Å²) in [6, 6.07) is 18.9. The highest BCUT2D eigenvalue weighted by molar-refractivity contribution is 5.89. The third kappa shape index (κ3) is 6.18. The molecule has 0 spiro atoms. The van der Waals surface area contributed by atoms with Gasteiger partial charge in [-0.1, -0.05) is 42.5 Å². The normalized spacial score (nSPS) is 16.0. The van der Waals surface area contributed by atoms with Gasteiger partial charge in [0.05, 0.1) is 11.9 Å². The lowest BCUT2D eigenvalue weighted by Gasteiger charge is -2.32. The molecule has 2 aromatic heterocycles. The molecule has 1 aliphatic carbocycles. The van der Waals surface area contributed by atoms with Crippen LogP contribution in [-0.2, 0) is 17.3 Å². The number of piperidine rings is 1. The zero-order valence-corrected chi connectivity index (χ0v) is 24.4. The van der Waals surface area contributed by atoms with Crippen LogP contribution < -0.4 is 4.74 Å². The summed E-state index contributed by atoms with van der Waals surface area (Å²) >= 11 is 0. The number of alkyl halides is 5. The number of pyridine rings is 1. The van der Waals surface area contributed by atoms with Crippen LogP contribution in [0.25, 0.3) is 17.1 Å². The van der Waals surface area contributed by atoms with Crippen molar-refractivity contribution >= 4 is 11.9 Å². The molecule has 0 unspecified atom stereocenters. The van der Waals surface area contributed by atoms with Gasteiger partial charge >= 0.3 is 18.1 Å². The predicted molar refractivity (Wildman–Crippen MR) is 156 cm³/mol. The number of para-hydroxylation sites is 1. The first kappa shape index (κ1) is 31.2. The van der Waals surface area contributed by atoms with E-state index in [0.29, 0.717) is 23.4 Å².